The molecule has 2 saturated heterocycles. The van der Waals surface area contributed by atoms with Crippen LogP contribution in [0.3, 0.4) is 0 Å². The van der Waals surface area contributed by atoms with Crippen molar-refractivity contribution in [3.8, 4) is 0 Å². The third-order valence-electron chi connectivity index (χ3n) is 12.8. The van der Waals surface area contributed by atoms with E-state index < -0.39 is 0 Å². The molecule has 5 fully saturated rings. The zero-order valence-corrected chi connectivity index (χ0v) is 23.2. The number of aliphatic hydroxyl groups is 1. The molecule has 4 aliphatic carbocycles. The summed E-state index contributed by atoms with van der Waals surface area (Å²) in [5.41, 5.74) is 2.56. The van der Waals surface area contributed by atoms with Crippen LogP contribution < -0.4 is 0 Å². The molecule has 35 heavy (non-hydrogen) atoms. The van der Waals surface area contributed by atoms with Crippen LogP contribution in [0.25, 0.3) is 0 Å². The lowest BCUT2D eigenvalue weighted by molar-refractivity contribution is -0.0591. The number of rotatable bonds is 4. The highest BCUT2D eigenvalue weighted by atomic mass is 16.3. The molecule has 3 nitrogen and oxygen atoms in total. The number of hydrogen-bond acceptors (Lipinski definition) is 3. The zero-order valence-electron chi connectivity index (χ0n) is 23.2. The lowest BCUT2D eigenvalue weighted by Gasteiger charge is -2.58. The summed E-state index contributed by atoms with van der Waals surface area (Å²) in [4.78, 5) is 5.67. The number of allylic oxidation sites excluding steroid dienone is 1. The van der Waals surface area contributed by atoms with Gasteiger partial charge in [0, 0.05) is 12.6 Å². The molecule has 0 radical (unpaired) electrons. The van der Waals surface area contributed by atoms with E-state index in [1.165, 1.54) is 103 Å². The predicted molar refractivity (Wildman–Crippen MR) is 145 cm³/mol. The van der Waals surface area contributed by atoms with E-state index in [-0.39, 0.29) is 6.10 Å². The Labute approximate surface area is 216 Å². The van der Waals surface area contributed by atoms with E-state index >= 15 is 0 Å². The van der Waals surface area contributed by atoms with E-state index in [1.54, 1.807) is 5.57 Å². The number of piperidine rings is 2. The van der Waals surface area contributed by atoms with Gasteiger partial charge in [0.1, 0.15) is 0 Å². The van der Waals surface area contributed by atoms with Crippen LogP contribution in [-0.4, -0.2) is 59.8 Å². The lowest BCUT2D eigenvalue weighted by atomic mass is 9.47. The largest absolute Gasteiger partial charge is 0.393 e. The molecule has 0 aromatic rings. The van der Waals surface area contributed by atoms with Gasteiger partial charge in [0.05, 0.1) is 6.10 Å². The van der Waals surface area contributed by atoms with E-state index in [4.69, 9.17) is 0 Å². The molecule has 0 amide bonds. The Kier molecular flexibility index (Phi) is 6.93. The first-order valence-corrected chi connectivity index (χ1v) is 15.7. The molecule has 198 valence electrons. The summed E-state index contributed by atoms with van der Waals surface area (Å²) in [5, 5.41) is 10.3. The zero-order chi connectivity index (χ0) is 24.2. The second-order valence-electron chi connectivity index (χ2n) is 14.5. The molecule has 3 saturated carbocycles. The van der Waals surface area contributed by atoms with Crippen molar-refractivity contribution in [1.82, 2.24) is 9.80 Å². The van der Waals surface area contributed by atoms with Crippen molar-refractivity contribution in [3.63, 3.8) is 0 Å². The van der Waals surface area contributed by atoms with Crippen molar-refractivity contribution in [3.05, 3.63) is 11.6 Å². The van der Waals surface area contributed by atoms with Crippen LogP contribution in [0.2, 0.25) is 0 Å². The van der Waals surface area contributed by atoms with E-state index in [0.717, 1.165) is 48.5 Å². The Hall–Kier alpha value is -0.380. The standard InChI is InChI=1S/C32H54N2O/c1-23(22-33-19-13-25(14-20-33)34-17-5-4-6-18-34)28-9-10-29-27-8-7-24-21-26(35)11-15-31(24,2)30(27)12-16-32(28,29)3/h7,23,25-30,35H,4-6,8-22H2,1-3H3/t23-,26?,27+,28-,29+,30+,31+,32-/m1/s1. The van der Waals surface area contributed by atoms with Gasteiger partial charge < -0.3 is 14.9 Å². The Bertz CT molecular complexity index is 780. The minimum absolute atomic E-state index is 0.0821. The summed E-state index contributed by atoms with van der Waals surface area (Å²) < 4.78 is 0. The van der Waals surface area contributed by atoms with Crippen LogP contribution in [0, 0.1) is 40.4 Å². The predicted octanol–water partition coefficient (Wildman–Crippen LogP) is 6.51. The van der Waals surface area contributed by atoms with E-state index in [1.807, 2.05) is 0 Å². The topological polar surface area (TPSA) is 26.7 Å². The molecular weight excluding hydrogens is 428 g/mol. The van der Waals surface area contributed by atoms with Gasteiger partial charge in [-0.3, -0.25) is 0 Å². The highest BCUT2D eigenvalue weighted by Crippen LogP contribution is 2.67. The highest BCUT2D eigenvalue weighted by Gasteiger charge is 2.59. The van der Waals surface area contributed by atoms with Gasteiger partial charge in [-0.05, 0) is 144 Å². The van der Waals surface area contributed by atoms with Crippen molar-refractivity contribution in [2.75, 3.05) is 32.7 Å². The lowest BCUT2D eigenvalue weighted by Crippen LogP contribution is -2.51. The van der Waals surface area contributed by atoms with Gasteiger partial charge in [0.25, 0.3) is 0 Å². The fraction of sp³-hybridized carbons (Fsp3) is 0.938. The minimum Gasteiger partial charge on any atom is -0.393 e. The first-order chi connectivity index (χ1) is 16.9. The monoisotopic (exact) mass is 482 g/mol. The molecule has 0 aromatic heterocycles. The summed E-state index contributed by atoms with van der Waals surface area (Å²) in [6.07, 6.45) is 20.0. The van der Waals surface area contributed by atoms with Crippen LogP contribution in [0.4, 0.5) is 0 Å². The summed E-state index contributed by atoms with van der Waals surface area (Å²) in [6.45, 7) is 14.6. The molecular formula is C32H54N2O. The molecule has 0 spiro atoms. The summed E-state index contributed by atoms with van der Waals surface area (Å²) in [7, 11) is 0. The van der Waals surface area contributed by atoms with Crippen molar-refractivity contribution in [2.24, 2.45) is 40.4 Å². The minimum atomic E-state index is -0.0821. The molecule has 2 heterocycles. The number of likely N-dealkylation sites (tertiary alicyclic amines) is 2. The number of hydrogen-bond donors (Lipinski definition) is 1. The molecule has 0 aromatic carbocycles. The average molecular weight is 483 g/mol. The van der Waals surface area contributed by atoms with Crippen LogP contribution in [0.5, 0.6) is 0 Å². The van der Waals surface area contributed by atoms with Crippen molar-refractivity contribution < 1.29 is 5.11 Å². The molecule has 0 bridgehead atoms. The molecule has 6 aliphatic rings. The van der Waals surface area contributed by atoms with Crippen LogP contribution in [0.1, 0.15) is 104 Å². The molecule has 3 heteroatoms. The first kappa shape index (κ1) is 24.9. The van der Waals surface area contributed by atoms with Gasteiger partial charge in [-0.25, -0.2) is 0 Å². The summed E-state index contributed by atoms with van der Waals surface area (Å²) >= 11 is 0. The third-order valence-corrected chi connectivity index (χ3v) is 12.8. The van der Waals surface area contributed by atoms with E-state index in [0.29, 0.717) is 10.8 Å². The smallest absolute Gasteiger partial charge is 0.0577 e. The molecule has 1 N–H and O–H groups in total. The fourth-order valence-electron chi connectivity index (χ4n) is 10.9. The maximum absolute atomic E-state index is 10.3. The van der Waals surface area contributed by atoms with Crippen molar-refractivity contribution in [2.45, 2.75) is 116 Å². The Morgan fingerprint density at radius 1 is 0.914 bits per heavy atom. The van der Waals surface area contributed by atoms with Crippen LogP contribution >= 0.6 is 0 Å². The highest BCUT2D eigenvalue weighted by molar-refractivity contribution is 5.25. The third kappa shape index (κ3) is 4.38. The number of nitrogens with zero attached hydrogens (tertiary/aromatic N) is 2. The average Bonchev–Trinajstić information content (AvgIpc) is 3.23. The van der Waals surface area contributed by atoms with E-state index in [9.17, 15) is 5.11 Å². The van der Waals surface area contributed by atoms with Gasteiger partial charge in [0.15, 0.2) is 0 Å². The molecule has 6 rings (SSSR count). The van der Waals surface area contributed by atoms with Crippen LogP contribution in [-0.2, 0) is 0 Å². The second kappa shape index (κ2) is 9.73. The Balaban J connectivity index is 1.08. The Morgan fingerprint density at radius 3 is 2.46 bits per heavy atom. The van der Waals surface area contributed by atoms with Gasteiger partial charge in [-0.1, -0.05) is 38.8 Å². The van der Waals surface area contributed by atoms with Crippen LogP contribution in [0.15, 0.2) is 11.6 Å². The normalized spacial score (nSPS) is 46.4. The van der Waals surface area contributed by atoms with E-state index in [2.05, 4.69) is 36.6 Å². The summed E-state index contributed by atoms with van der Waals surface area (Å²) in [6, 6.07) is 0.872. The number of aliphatic hydroxyl groups excluding tert-OH is 1. The van der Waals surface area contributed by atoms with Gasteiger partial charge in [-0.15, -0.1) is 0 Å². The molecule has 8 atom stereocenters. The summed E-state index contributed by atoms with van der Waals surface area (Å²) in [5.74, 6) is 4.45. The Morgan fingerprint density at radius 2 is 1.69 bits per heavy atom. The quantitative estimate of drug-likeness (QED) is 0.463. The number of fused-ring (bicyclic) bond motifs is 5. The molecule has 2 aliphatic heterocycles. The fourth-order valence-corrected chi connectivity index (χ4v) is 10.9. The molecule has 1 unspecified atom stereocenters. The van der Waals surface area contributed by atoms with Gasteiger partial charge in [0.2, 0.25) is 0 Å². The van der Waals surface area contributed by atoms with Gasteiger partial charge >= 0.3 is 0 Å². The maximum atomic E-state index is 10.3. The first-order valence-electron chi connectivity index (χ1n) is 15.7. The van der Waals surface area contributed by atoms with Gasteiger partial charge in [-0.2, -0.15) is 0 Å². The van der Waals surface area contributed by atoms with Crippen molar-refractivity contribution >= 4 is 0 Å². The maximum Gasteiger partial charge on any atom is 0.0577 e. The van der Waals surface area contributed by atoms with Crippen molar-refractivity contribution in [1.29, 1.82) is 0 Å². The second-order valence-corrected chi connectivity index (χ2v) is 14.5. The SMILES string of the molecule is C[C@H](CN1CCC(N2CCCCC2)CC1)[C@H]1CC[C@H]2[C@@H]3CC=C4CC(O)CC[C@]4(C)[C@H]3CC[C@]12C.